The van der Waals surface area contributed by atoms with Crippen molar-refractivity contribution in [1.82, 2.24) is 4.90 Å². The zero-order valence-electron chi connectivity index (χ0n) is 13.1. The molecule has 0 fully saturated rings. The van der Waals surface area contributed by atoms with E-state index in [0.29, 0.717) is 6.54 Å². The lowest BCUT2D eigenvalue weighted by Gasteiger charge is -2.17. The van der Waals surface area contributed by atoms with Crippen LogP contribution in [-0.2, 0) is 6.54 Å². The van der Waals surface area contributed by atoms with Gasteiger partial charge in [-0.25, -0.2) is 0 Å². The van der Waals surface area contributed by atoms with Crippen LogP contribution in [0.25, 0.3) is 11.1 Å². The fraction of sp³-hybridized carbons (Fsp3) is 0.0952. The summed E-state index contributed by atoms with van der Waals surface area (Å²) >= 11 is 0. The van der Waals surface area contributed by atoms with E-state index in [-0.39, 0.29) is 5.91 Å². The van der Waals surface area contributed by atoms with Crippen LogP contribution in [0.1, 0.15) is 15.9 Å². The van der Waals surface area contributed by atoms with Crippen molar-refractivity contribution in [2.24, 2.45) is 0 Å². The average Bonchev–Trinajstić information content (AvgIpc) is 2.63. The van der Waals surface area contributed by atoms with Crippen molar-refractivity contribution in [1.29, 1.82) is 0 Å². The van der Waals surface area contributed by atoms with Crippen molar-refractivity contribution >= 4 is 5.91 Å². The minimum Gasteiger partial charge on any atom is -0.337 e. The van der Waals surface area contributed by atoms with Crippen molar-refractivity contribution in [3.8, 4) is 11.1 Å². The van der Waals surface area contributed by atoms with E-state index in [1.165, 1.54) is 11.1 Å². The summed E-state index contributed by atoms with van der Waals surface area (Å²) in [6.45, 7) is 0.600. The van der Waals surface area contributed by atoms with Gasteiger partial charge in [-0.2, -0.15) is 0 Å². The van der Waals surface area contributed by atoms with Crippen LogP contribution in [0.5, 0.6) is 0 Å². The number of rotatable bonds is 4. The molecular formula is C21H19NO. The lowest BCUT2D eigenvalue weighted by atomic mass is 10.0. The van der Waals surface area contributed by atoms with Gasteiger partial charge in [-0.1, -0.05) is 72.8 Å². The van der Waals surface area contributed by atoms with Gasteiger partial charge in [0.15, 0.2) is 0 Å². The van der Waals surface area contributed by atoms with Crippen LogP contribution < -0.4 is 0 Å². The topological polar surface area (TPSA) is 20.3 Å². The highest BCUT2D eigenvalue weighted by molar-refractivity contribution is 5.93. The molecule has 1 amide bonds. The number of carbonyl (C=O) groups excluding carboxylic acids is 1. The van der Waals surface area contributed by atoms with Gasteiger partial charge in [-0.15, -0.1) is 0 Å². The number of carbonyl (C=O) groups is 1. The Labute approximate surface area is 137 Å². The second-order valence-electron chi connectivity index (χ2n) is 5.59. The van der Waals surface area contributed by atoms with Crippen LogP contribution in [0.2, 0.25) is 0 Å². The van der Waals surface area contributed by atoms with Crippen LogP contribution in [0.3, 0.4) is 0 Å². The summed E-state index contributed by atoms with van der Waals surface area (Å²) in [5.74, 6) is 0.0396. The molecule has 23 heavy (non-hydrogen) atoms. The number of amides is 1. The van der Waals surface area contributed by atoms with E-state index in [1.807, 2.05) is 55.6 Å². The van der Waals surface area contributed by atoms with Crippen LogP contribution in [0, 0.1) is 0 Å². The molecule has 0 aliphatic rings. The molecule has 0 spiro atoms. The van der Waals surface area contributed by atoms with Crippen LogP contribution in [0.4, 0.5) is 0 Å². The molecule has 0 bridgehead atoms. The molecule has 3 aromatic rings. The number of nitrogens with zero attached hydrogens (tertiary/aromatic N) is 1. The summed E-state index contributed by atoms with van der Waals surface area (Å²) in [5.41, 5.74) is 4.23. The van der Waals surface area contributed by atoms with Gasteiger partial charge in [0.1, 0.15) is 0 Å². The van der Waals surface area contributed by atoms with Crippen molar-refractivity contribution in [2.45, 2.75) is 6.54 Å². The third-order valence-corrected chi connectivity index (χ3v) is 3.85. The van der Waals surface area contributed by atoms with Gasteiger partial charge in [-0.3, -0.25) is 4.79 Å². The first-order valence-corrected chi connectivity index (χ1v) is 7.69. The van der Waals surface area contributed by atoms with Crippen molar-refractivity contribution in [3.63, 3.8) is 0 Å². The standard InChI is InChI=1S/C21H19NO/c1-22(21(23)20-10-6-3-7-11-20)16-17-12-14-19(15-13-17)18-8-4-2-5-9-18/h2-15H,16H2,1H3. The highest BCUT2D eigenvalue weighted by Gasteiger charge is 2.11. The van der Waals surface area contributed by atoms with E-state index < -0.39 is 0 Å². The van der Waals surface area contributed by atoms with Crippen LogP contribution in [-0.4, -0.2) is 17.9 Å². The predicted molar refractivity (Wildman–Crippen MR) is 94.1 cm³/mol. The van der Waals surface area contributed by atoms with Crippen molar-refractivity contribution in [2.75, 3.05) is 7.05 Å². The van der Waals surface area contributed by atoms with Crippen LogP contribution in [0.15, 0.2) is 84.9 Å². The van der Waals surface area contributed by atoms with Gasteiger partial charge in [0.05, 0.1) is 0 Å². The highest BCUT2D eigenvalue weighted by Crippen LogP contribution is 2.19. The second-order valence-corrected chi connectivity index (χ2v) is 5.59. The Morgan fingerprint density at radius 2 is 1.26 bits per heavy atom. The molecular weight excluding hydrogens is 282 g/mol. The van der Waals surface area contributed by atoms with Gasteiger partial charge in [0, 0.05) is 19.2 Å². The minimum atomic E-state index is 0.0396. The Hall–Kier alpha value is -2.87. The first-order chi connectivity index (χ1) is 11.2. The molecule has 0 N–H and O–H groups in total. The van der Waals surface area contributed by atoms with E-state index >= 15 is 0 Å². The molecule has 0 radical (unpaired) electrons. The molecule has 0 unspecified atom stereocenters. The maximum absolute atomic E-state index is 12.4. The van der Waals surface area contributed by atoms with E-state index in [4.69, 9.17) is 0 Å². The van der Waals surface area contributed by atoms with Gasteiger partial charge in [-0.05, 0) is 28.8 Å². The Balaban J connectivity index is 1.70. The molecule has 0 saturated carbocycles. The van der Waals surface area contributed by atoms with E-state index in [2.05, 4.69) is 36.4 Å². The summed E-state index contributed by atoms with van der Waals surface area (Å²) < 4.78 is 0. The van der Waals surface area contributed by atoms with Crippen LogP contribution >= 0.6 is 0 Å². The average molecular weight is 301 g/mol. The minimum absolute atomic E-state index is 0.0396. The summed E-state index contributed by atoms with van der Waals surface area (Å²) in [6, 6.07) is 28.0. The Morgan fingerprint density at radius 1 is 0.739 bits per heavy atom. The SMILES string of the molecule is CN(Cc1ccc(-c2ccccc2)cc1)C(=O)c1ccccc1. The lowest BCUT2D eigenvalue weighted by molar-refractivity contribution is 0.0785. The normalized spacial score (nSPS) is 10.3. The molecule has 0 aliphatic heterocycles. The van der Waals surface area contributed by atoms with Crippen molar-refractivity contribution in [3.05, 3.63) is 96.1 Å². The number of hydrogen-bond donors (Lipinski definition) is 0. The monoisotopic (exact) mass is 301 g/mol. The molecule has 0 atom stereocenters. The quantitative estimate of drug-likeness (QED) is 0.688. The molecule has 3 aromatic carbocycles. The molecule has 0 aliphatic carbocycles. The summed E-state index contributed by atoms with van der Waals surface area (Å²) in [7, 11) is 1.83. The molecule has 0 saturated heterocycles. The van der Waals surface area contributed by atoms with E-state index in [9.17, 15) is 4.79 Å². The van der Waals surface area contributed by atoms with Gasteiger partial charge < -0.3 is 4.90 Å². The second kappa shape index (κ2) is 6.93. The van der Waals surface area contributed by atoms with Gasteiger partial charge in [0.25, 0.3) is 5.91 Å². The molecule has 2 nitrogen and oxygen atoms in total. The lowest BCUT2D eigenvalue weighted by Crippen LogP contribution is -2.26. The predicted octanol–water partition coefficient (Wildman–Crippen LogP) is 4.63. The fourth-order valence-corrected chi connectivity index (χ4v) is 2.58. The Morgan fingerprint density at radius 3 is 1.87 bits per heavy atom. The van der Waals surface area contributed by atoms with Gasteiger partial charge in [0.2, 0.25) is 0 Å². The number of hydrogen-bond acceptors (Lipinski definition) is 1. The van der Waals surface area contributed by atoms with Crippen molar-refractivity contribution < 1.29 is 4.79 Å². The summed E-state index contributed by atoms with van der Waals surface area (Å²) in [5, 5.41) is 0. The largest absolute Gasteiger partial charge is 0.337 e. The first kappa shape index (κ1) is 15.0. The molecule has 3 rings (SSSR count). The third kappa shape index (κ3) is 3.67. The molecule has 0 heterocycles. The Kier molecular flexibility index (Phi) is 4.53. The zero-order valence-corrected chi connectivity index (χ0v) is 13.1. The number of benzene rings is 3. The maximum Gasteiger partial charge on any atom is 0.253 e. The maximum atomic E-state index is 12.4. The third-order valence-electron chi connectivity index (χ3n) is 3.85. The molecule has 114 valence electrons. The molecule has 2 heteroatoms. The zero-order chi connectivity index (χ0) is 16.1. The van der Waals surface area contributed by atoms with Gasteiger partial charge >= 0.3 is 0 Å². The summed E-state index contributed by atoms with van der Waals surface area (Å²) in [6.07, 6.45) is 0. The first-order valence-electron chi connectivity index (χ1n) is 7.69. The fourth-order valence-electron chi connectivity index (χ4n) is 2.58. The summed E-state index contributed by atoms with van der Waals surface area (Å²) in [4.78, 5) is 14.1. The molecule has 0 aromatic heterocycles. The highest BCUT2D eigenvalue weighted by atomic mass is 16.2. The van der Waals surface area contributed by atoms with E-state index in [1.54, 1.807) is 4.90 Å². The van der Waals surface area contributed by atoms with E-state index in [0.717, 1.165) is 11.1 Å². The smallest absolute Gasteiger partial charge is 0.253 e. The Bertz CT molecular complexity index is 764.